The molecule has 0 aromatic heterocycles. The molecule has 2 unspecified atom stereocenters. The van der Waals surface area contributed by atoms with Gasteiger partial charge in [-0.05, 0) is 35.2 Å². The number of halogens is 1. The molecule has 140 valence electrons. The Kier molecular flexibility index (Phi) is 7.14. The molecule has 0 bridgehead atoms. The van der Waals surface area contributed by atoms with Crippen LogP contribution in [0.1, 0.15) is 36.1 Å². The minimum atomic E-state index is -0.203. The van der Waals surface area contributed by atoms with E-state index in [1.165, 1.54) is 23.3 Å². The second-order valence-corrected chi connectivity index (χ2v) is 6.78. The van der Waals surface area contributed by atoms with Gasteiger partial charge in [-0.15, -0.1) is 0 Å². The molecule has 3 heteroatoms. The van der Waals surface area contributed by atoms with E-state index in [2.05, 4.69) is 66.1 Å². The first kappa shape index (κ1) is 19.3. The molecule has 2 atom stereocenters. The van der Waals surface area contributed by atoms with E-state index in [0.717, 1.165) is 25.1 Å². The maximum atomic E-state index is 13.4. The van der Waals surface area contributed by atoms with Gasteiger partial charge in [0.05, 0.1) is 0 Å². The Hall–Kier alpha value is -2.49. The lowest BCUT2D eigenvalue weighted by atomic mass is 9.96. The minimum absolute atomic E-state index is 0.0968. The highest BCUT2D eigenvalue weighted by Crippen LogP contribution is 2.21. The summed E-state index contributed by atoms with van der Waals surface area (Å²) in [5, 5.41) is 7.35. The molecule has 27 heavy (non-hydrogen) atoms. The smallest absolute Gasteiger partial charge is 0.123 e. The van der Waals surface area contributed by atoms with Gasteiger partial charge in [-0.1, -0.05) is 79.7 Å². The molecule has 3 rings (SSSR count). The van der Waals surface area contributed by atoms with Crippen molar-refractivity contribution in [3.63, 3.8) is 0 Å². The van der Waals surface area contributed by atoms with Crippen LogP contribution in [0.5, 0.6) is 0 Å². The third-order valence-electron chi connectivity index (χ3n) is 4.85. The van der Waals surface area contributed by atoms with Crippen LogP contribution < -0.4 is 10.6 Å². The molecule has 0 aliphatic heterocycles. The third kappa shape index (κ3) is 5.75. The summed E-state index contributed by atoms with van der Waals surface area (Å²) in [4.78, 5) is 0. The standard InChI is InChI=1S/C24H27FN2/c1-2-23(26-17-19-9-5-3-6-10-19)24(21-13-15-22(25)16-14-21)27-18-20-11-7-4-8-12-20/h3-16,23-24,26-27H,2,17-18H2,1H3. The van der Waals surface area contributed by atoms with Gasteiger partial charge in [-0.3, -0.25) is 0 Å². The van der Waals surface area contributed by atoms with Gasteiger partial charge in [0, 0.05) is 25.2 Å². The SMILES string of the molecule is CCC(NCc1ccccc1)C(NCc1ccccc1)c1ccc(F)cc1. The minimum Gasteiger partial charge on any atom is -0.308 e. The molecule has 0 aliphatic carbocycles. The Morgan fingerprint density at radius 3 is 1.74 bits per heavy atom. The summed E-state index contributed by atoms with van der Waals surface area (Å²) in [7, 11) is 0. The van der Waals surface area contributed by atoms with Crippen molar-refractivity contribution in [1.29, 1.82) is 0 Å². The fourth-order valence-electron chi connectivity index (χ4n) is 3.33. The largest absolute Gasteiger partial charge is 0.308 e. The highest BCUT2D eigenvalue weighted by Gasteiger charge is 2.21. The molecule has 0 spiro atoms. The second-order valence-electron chi connectivity index (χ2n) is 6.78. The maximum Gasteiger partial charge on any atom is 0.123 e. The molecule has 2 N–H and O–H groups in total. The van der Waals surface area contributed by atoms with Crippen LogP contribution in [0.25, 0.3) is 0 Å². The first-order valence-corrected chi connectivity index (χ1v) is 9.56. The monoisotopic (exact) mass is 362 g/mol. The van der Waals surface area contributed by atoms with Crippen molar-refractivity contribution in [3.05, 3.63) is 107 Å². The molecule has 0 saturated heterocycles. The molecule has 2 nitrogen and oxygen atoms in total. The molecule has 0 fully saturated rings. The van der Waals surface area contributed by atoms with E-state index in [9.17, 15) is 4.39 Å². The Morgan fingerprint density at radius 2 is 1.22 bits per heavy atom. The lowest BCUT2D eigenvalue weighted by molar-refractivity contribution is 0.363. The lowest BCUT2D eigenvalue weighted by Crippen LogP contribution is -2.41. The Bertz CT molecular complexity index is 788. The summed E-state index contributed by atoms with van der Waals surface area (Å²) < 4.78 is 13.4. The van der Waals surface area contributed by atoms with E-state index in [1.807, 2.05) is 24.3 Å². The summed E-state index contributed by atoms with van der Waals surface area (Å²) in [5.41, 5.74) is 3.60. The van der Waals surface area contributed by atoms with E-state index in [1.54, 1.807) is 0 Å². The number of hydrogen-bond acceptors (Lipinski definition) is 2. The van der Waals surface area contributed by atoms with E-state index in [-0.39, 0.29) is 17.9 Å². The van der Waals surface area contributed by atoms with Gasteiger partial charge < -0.3 is 10.6 Å². The van der Waals surface area contributed by atoms with E-state index < -0.39 is 0 Å². The molecule has 0 aliphatic rings. The fraction of sp³-hybridized carbons (Fsp3) is 0.250. The molecule has 0 heterocycles. The quantitative estimate of drug-likeness (QED) is 0.545. The fourth-order valence-corrected chi connectivity index (χ4v) is 3.33. The zero-order valence-corrected chi connectivity index (χ0v) is 15.7. The van der Waals surface area contributed by atoms with Crippen molar-refractivity contribution in [2.75, 3.05) is 0 Å². The van der Waals surface area contributed by atoms with Crippen molar-refractivity contribution < 1.29 is 4.39 Å². The van der Waals surface area contributed by atoms with Crippen molar-refractivity contribution in [1.82, 2.24) is 10.6 Å². The van der Waals surface area contributed by atoms with Crippen LogP contribution in [-0.2, 0) is 13.1 Å². The van der Waals surface area contributed by atoms with Crippen molar-refractivity contribution >= 4 is 0 Å². The summed E-state index contributed by atoms with van der Waals surface area (Å²) >= 11 is 0. The summed E-state index contributed by atoms with van der Waals surface area (Å²) in [6.45, 7) is 3.76. The topological polar surface area (TPSA) is 24.1 Å². The molecular weight excluding hydrogens is 335 g/mol. The molecule has 0 amide bonds. The molecule has 0 radical (unpaired) electrons. The maximum absolute atomic E-state index is 13.4. The highest BCUT2D eigenvalue weighted by molar-refractivity contribution is 5.23. The summed E-state index contributed by atoms with van der Waals surface area (Å²) in [6, 6.07) is 27.9. The van der Waals surface area contributed by atoms with Gasteiger partial charge in [0.25, 0.3) is 0 Å². The zero-order chi connectivity index (χ0) is 18.9. The van der Waals surface area contributed by atoms with E-state index in [4.69, 9.17) is 0 Å². The average Bonchev–Trinajstić information content (AvgIpc) is 2.73. The number of hydrogen-bond donors (Lipinski definition) is 2. The average molecular weight is 362 g/mol. The van der Waals surface area contributed by atoms with Crippen LogP contribution in [0.15, 0.2) is 84.9 Å². The van der Waals surface area contributed by atoms with Gasteiger partial charge in [0.2, 0.25) is 0 Å². The molecular formula is C24H27FN2. The Morgan fingerprint density at radius 1 is 0.704 bits per heavy atom. The molecule has 0 saturated carbocycles. The third-order valence-corrected chi connectivity index (χ3v) is 4.85. The van der Waals surface area contributed by atoms with Gasteiger partial charge in [0.15, 0.2) is 0 Å². The van der Waals surface area contributed by atoms with E-state index >= 15 is 0 Å². The van der Waals surface area contributed by atoms with Crippen LogP contribution in [0.4, 0.5) is 4.39 Å². The highest BCUT2D eigenvalue weighted by atomic mass is 19.1. The second kappa shape index (κ2) is 10.0. The van der Waals surface area contributed by atoms with Crippen molar-refractivity contribution in [2.24, 2.45) is 0 Å². The summed E-state index contributed by atoms with van der Waals surface area (Å²) in [5.74, 6) is -0.203. The number of rotatable bonds is 9. The first-order valence-electron chi connectivity index (χ1n) is 9.56. The number of nitrogens with one attached hydrogen (secondary N) is 2. The van der Waals surface area contributed by atoms with Crippen LogP contribution in [0, 0.1) is 5.82 Å². The molecule has 3 aromatic carbocycles. The Labute approximate surface area is 161 Å². The van der Waals surface area contributed by atoms with Crippen molar-refractivity contribution in [2.45, 2.75) is 38.5 Å². The van der Waals surface area contributed by atoms with Crippen LogP contribution >= 0.6 is 0 Å². The van der Waals surface area contributed by atoms with Crippen LogP contribution in [0.3, 0.4) is 0 Å². The lowest BCUT2D eigenvalue weighted by Gasteiger charge is -2.29. The normalized spacial score (nSPS) is 13.3. The van der Waals surface area contributed by atoms with Gasteiger partial charge >= 0.3 is 0 Å². The summed E-state index contributed by atoms with van der Waals surface area (Å²) in [6.07, 6.45) is 0.969. The first-order chi connectivity index (χ1) is 13.3. The van der Waals surface area contributed by atoms with Gasteiger partial charge in [-0.2, -0.15) is 0 Å². The van der Waals surface area contributed by atoms with Gasteiger partial charge in [0.1, 0.15) is 5.82 Å². The van der Waals surface area contributed by atoms with Crippen LogP contribution in [0.2, 0.25) is 0 Å². The van der Waals surface area contributed by atoms with Crippen molar-refractivity contribution in [3.8, 4) is 0 Å². The molecule has 3 aromatic rings. The predicted octanol–water partition coefficient (Wildman–Crippen LogP) is 5.23. The zero-order valence-electron chi connectivity index (χ0n) is 15.7. The van der Waals surface area contributed by atoms with Gasteiger partial charge in [-0.25, -0.2) is 4.39 Å². The van der Waals surface area contributed by atoms with Crippen LogP contribution in [-0.4, -0.2) is 6.04 Å². The van der Waals surface area contributed by atoms with E-state index in [0.29, 0.717) is 0 Å². The number of benzene rings is 3. The predicted molar refractivity (Wildman–Crippen MR) is 110 cm³/mol. The Balaban J connectivity index is 1.74.